The van der Waals surface area contributed by atoms with E-state index in [1.54, 1.807) is 12.1 Å². The number of rotatable bonds is 7. The van der Waals surface area contributed by atoms with E-state index in [0.29, 0.717) is 31.4 Å². The molecule has 34 heavy (non-hydrogen) atoms. The number of nitrogens with zero attached hydrogens (tertiary/aromatic N) is 3. The largest absolute Gasteiger partial charge is 0.379 e. The minimum Gasteiger partial charge on any atom is -0.379 e. The number of morpholine rings is 1. The first-order valence-electron chi connectivity index (χ1n) is 11.7. The summed E-state index contributed by atoms with van der Waals surface area (Å²) in [6.45, 7) is 7.70. The number of hydrogen-bond donors (Lipinski definition) is 0. The number of halogens is 1. The molecule has 8 heteroatoms. The standard InChI is InChI=1S/C26H30FN3O4/c1-18(2)19-5-9-22(10-6-19)30-24(31)17-23(26(30)33)29(12-11-28-13-15-34-16-14-28)25(32)20-3-7-21(27)8-4-20/h3-10,18,23H,11-17H2,1-2H3. The van der Waals surface area contributed by atoms with Crippen LogP contribution in [0.3, 0.4) is 0 Å². The Bertz CT molecular complexity index is 1030. The van der Waals surface area contributed by atoms with Crippen molar-refractivity contribution in [1.82, 2.24) is 9.80 Å². The van der Waals surface area contributed by atoms with Crippen molar-refractivity contribution < 1.29 is 23.5 Å². The fourth-order valence-corrected chi connectivity index (χ4v) is 4.37. The number of benzene rings is 2. The van der Waals surface area contributed by atoms with Crippen molar-refractivity contribution in [1.29, 1.82) is 0 Å². The van der Waals surface area contributed by atoms with Crippen LogP contribution in [0.2, 0.25) is 0 Å². The van der Waals surface area contributed by atoms with Crippen molar-refractivity contribution in [2.24, 2.45) is 0 Å². The van der Waals surface area contributed by atoms with E-state index < -0.39 is 23.7 Å². The fourth-order valence-electron chi connectivity index (χ4n) is 4.37. The number of anilines is 1. The normalized spacial score (nSPS) is 19.2. The first kappa shape index (κ1) is 24.0. The Hall–Kier alpha value is -3.10. The molecule has 0 aliphatic carbocycles. The molecule has 0 bridgehead atoms. The van der Waals surface area contributed by atoms with Crippen LogP contribution in [0.15, 0.2) is 48.5 Å². The van der Waals surface area contributed by atoms with Gasteiger partial charge in [-0.05, 0) is 47.9 Å². The Labute approximate surface area is 199 Å². The van der Waals surface area contributed by atoms with Crippen LogP contribution in [0, 0.1) is 5.82 Å². The van der Waals surface area contributed by atoms with E-state index >= 15 is 0 Å². The van der Waals surface area contributed by atoms with Crippen LogP contribution in [0.5, 0.6) is 0 Å². The van der Waals surface area contributed by atoms with Gasteiger partial charge < -0.3 is 9.64 Å². The number of hydrogen-bond acceptors (Lipinski definition) is 5. The highest BCUT2D eigenvalue weighted by Gasteiger charge is 2.44. The van der Waals surface area contributed by atoms with Gasteiger partial charge in [0.25, 0.3) is 11.8 Å². The summed E-state index contributed by atoms with van der Waals surface area (Å²) >= 11 is 0. The average molecular weight is 468 g/mol. The van der Waals surface area contributed by atoms with Crippen LogP contribution in [0.25, 0.3) is 0 Å². The predicted molar refractivity (Wildman–Crippen MR) is 126 cm³/mol. The van der Waals surface area contributed by atoms with Crippen LogP contribution in [0.1, 0.15) is 42.1 Å². The highest BCUT2D eigenvalue weighted by Crippen LogP contribution is 2.28. The van der Waals surface area contributed by atoms with Crippen molar-refractivity contribution in [3.05, 3.63) is 65.5 Å². The fraction of sp³-hybridized carbons (Fsp3) is 0.423. The minimum atomic E-state index is -0.907. The molecule has 2 fully saturated rings. The number of ether oxygens (including phenoxy) is 1. The molecule has 7 nitrogen and oxygen atoms in total. The molecule has 2 aromatic carbocycles. The summed E-state index contributed by atoms with van der Waals surface area (Å²) in [5.41, 5.74) is 1.89. The lowest BCUT2D eigenvalue weighted by atomic mass is 10.0. The Morgan fingerprint density at radius 1 is 1.06 bits per heavy atom. The highest BCUT2D eigenvalue weighted by atomic mass is 19.1. The summed E-state index contributed by atoms with van der Waals surface area (Å²) in [7, 11) is 0. The van der Waals surface area contributed by atoms with E-state index in [1.807, 2.05) is 12.1 Å². The zero-order valence-electron chi connectivity index (χ0n) is 19.6. The average Bonchev–Trinajstić information content (AvgIpc) is 3.13. The van der Waals surface area contributed by atoms with E-state index in [0.717, 1.165) is 18.7 Å². The van der Waals surface area contributed by atoms with Gasteiger partial charge in [0.2, 0.25) is 5.91 Å². The van der Waals surface area contributed by atoms with Gasteiger partial charge >= 0.3 is 0 Å². The molecule has 2 aromatic rings. The molecule has 0 radical (unpaired) electrons. The number of carbonyl (C=O) groups excluding carboxylic acids is 3. The lowest BCUT2D eigenvalue weighted by Crippen LogP contribution is -2.49. The van der Waals surface area contributed by atoms with Crippen molar-refractivity contribution in [2.75, 3.05) is 44.3 Å². The maximum Gasteiger partial charge on any atom is 0.257 e. The summed E-state index contributed by atoms with van der Waals surface area (Å²) in [6.07, 6.45) is -0.0825. The molecule has 180 valence electrons. The molecule has 0 aromatic heterocycles. The second-order valence-corrected chi connectivity index (χ2v) is 8.99. The predicted octanol–water partition coefficient (Wildman–Crippen LogP) is 3.06. The molecule has 2 heterocycles. The SMILES string of the molecule is CC(C)c1ccc(N2C(=O)CC(N(CCN3CCOCC3)C(=O)c3ccc(F)cc3)C2=O)cc1. The van der Waals surface area contributed by atoms with Gasteiger partial charge in [0, 0.05) is 31.7 Å². The van der Waals surface area contributed by atoms with E-state index in [4.69, 9.17) is 4.74 Å². The Balaban J connectivity index is 1.57. The summed E-state index contributed by atoms with van der Waals surface area (Å²) in [5.74, 6) is -1.26. The molecule has 2 aliphatic heterocycles. The molecule has 4 rings (SSSR count). The van der Waals surface area contributed by atoms with Gasteiger partial charge in [0.15, 0.2) is 0 Å². The smallest absolute Gasteiger partial charge is 0.257 e. The third-order valence-corrected chi connectivity index (χ3v) is 6.43. The summed E-state index contributed by atoms with van der Waals surface area (Å²) in [6, 6.07) is 11.7. The van der Waals surface area contributed by atoms with Gasteiger partial charge in [-0.15, -0.1) is 0 Å². The third kappa shape index (κ3) is 5.18. The monoisotopic (exact) mass is 467 g/mol. The lowest BCUT2D eigenvalue weighted by Gasteiger charge is -2.32. The van der Waals surface area contributed by atoms with Crippen LogP contribution >= 0.6 is 0 Å². The van der Waals surface area contributed by atoms with E-state index in [2.05, 4.69) is 18.7 Å². The highest BCUT2D eigenvalue weighted by molar-refractivity contribution is 6.23. The molecule has 0 N–H and O–H groups in total. The molecular weight excluding hydrogens is 437 g/mol. The molecule has 2 saturated heterocycles. The number of imide groups is 1. The molecule has 2 aliphatic rings. The Morgan fingerprint density at radius 2 is 1.71 bits per heavy atom. The summed E-state index contributed by atoms with van der Waals surface area (Å²) in [4.78, 5) is 44.6. The first-order chi connectivity index (χ1) is 16.3. The Morgan fingerprint density at radius 3 is 2.32 bits per heavy atom. The van der Waals surface area contributed by atoms with Gasteiger partial charge in [-0.1, -0.05) is 26.0 Å². The van der Waals surface area contributed by atoms with Crippen molar-refractivity contribution in [3.8, 4) is 0 Å². The van der Waals surface area contributed by atoms with E-state index in [9.17, 15) is 18.8 Å². The second-order valence-electron chi connectivity index (χ2n) is 8.99. The van der Waals surface area contributed by atoms with Crippen molar-refractivity contribution in [2.45, 2.75) is 32.2 Å². The first-order valence-corrected chi connectivity index (χ1v) is 11.7. The second kappa shape index (κ2) is 10.4. The van der Waals surface area contributed by atoms with Crippen LogP contribution in [-0.2, 0) is 14.3 Å². The zero-order valence-corrected chi connectivity index (χ0v) is 19.6. The number of amides is 3. The lowest BCUT2D eigenvalue weighted by molar-refractivity contribution is -0.122. The van der Waals surface area contributed by atoms with Crippen molar-refractivity contribution in [3.63, 3.8) is 0 Å². The van der Waals surface area contributed by atoms with Gasteiger partial charge in [-0.3, -0.25) is 19.3 Å². The zero-order chi connectivity index (χ0) is 24.2. The maximum atomic E-state index is 13.4. The molecule has 0 spiro atoms. The maximum absolute atomic E-state index is 13.4. The molecule has 1 unspecified atom stereocenters. The molecular formula is C26H30FN3O4. The minimum absolute atomic E-state index is 0.0825. The van der Waals surface area contributed by atoms with Crippen LogP contribution in [0.4, 0.5) is 10.1 Å². The summed E-state index contributed by atoms with van der Waals surface area (Å²) in [5, 5.41) is 0. The van der Waals surface area contributed by atoms with Gasteiger partial charge in [0.05, 0.1) is 25.3 Å². The quantitative estimate of drug-likeness (QED) is 0.586. The topological polar surface area (TPSA) is 70.2 Å². The van der Waals surface area contributed by atoms with Gasteiger partial charge in [0.1, 0.15) is 11.9 Å². The van der Waals surface area contributed by atoms with Crippen molar-refractivity contribution >= 4 is 23.4 Å². The number of carbonyl (C=O) groups is 3. The molecule has 1 atom stereocenters. The van der Waals surface area contributed by atoms with Gasteiger partial charge in [-0.25, -0.2) is 9.29 Å². The third-order valence-electron chi connectivity index (χ3n) is 6.43. The van der Waals surface area contributed by atoms with E-state index in [-0.39, 0.29) is 24.4 Å². The van der Waals surface area contributed by atoms with Crippen LogP contribution < -0.4 is 4.90 Å². The Kier molecular flexibility index (Phi) is 7.38. The van der Waals surface area contributed by atoms with Crippen LogP contribution in [-0.4, -0.2) is 73.0 Å². The van der Waals surface area contributed by atoms with Gasteiger partial charge in [-0.2, -0.15) is 0 Å². The van der Waals surface area contributed by atoms with E-state index in [1.165, 1.54) is 34.1 Å². The molecule has 0 saturated carbocycles. The molecule has 3 amide bonds. The summed E-state index contributed by atoms with van der Waals surface area (Å²) < 4.78 is 18.8.